The van der Waals surface area contributed by atoms with Crippen LogP contribution in [0.25, 0.3) is 0 Å². The zero-order valence-corrected chi connectivity index (χ0v) is 12.0. The largest absolute Gasteiger partial charge is 0.480 e. The Bertz CT molecular complexity index is 249. The molecule has 0 rings (SSSR count). The van der Waals surface area contributed by atoms with Crippen LogP contribution in [0.3, 0.4) is 0 Å². The van der Waals surface area contributed by atoms with Crippen LogP contribution in [0.4, 0.5) is 0 Å². The molecule has 0 aliphatic rings. The third-order valence-corrected chi connectivity index (χ3v) is 3.29. The summed E-state index contributed by atoms with van der Waals surface area (Å²) in [7, 11) is 0. The van der Waals surface area contributed by atoms with E-state index in [2.05, 4.69) is 10.6 Å². The number of thioether (sulfide) groups is 1. The molecule has 0 bridgehead atoms. The van der Waals surface area contributed by atoms with Crippen LogP contribution in [-0.2, 0) is 9.59 Å². The highest BCUT2D eigenvalue weighted by Gasteiger charge is 2.15. The van der Waals surface area contributed by atoms with Crippen LogP contribution in [0.1, 0.15) is 33.1 Å². The molecule has 0 fully saturated rings. The number of hydrogen-bond acceptors (Lipinski definition) is 4. The Morgan fingerprint density at radius 2 is 1.89 bits per heavy atom. The minimum Gasteiger partial charge on any atom is -0.480 e. The highest BCUT2D eigenvalue weighted by molar-refractivity contribution is 7.99. The second kappa shape index (κ2) is 11.3. The van der Waals surface area contributed by atoms with Gasteiger partial charge in [-0.2, -0.15) is 11.8 Å². The number of hydrogen-bond donors (Lipinski definition) is 3. The average Bonchev–Trinajstić information content (AvgIpc) is 2.34. The van der Waals surface area contributed by atoms with Crippen molar-refractivity contribution in [2.45, 2.75) is 39.2 Å². The molecule has 0 saturated heterocycles. The van der Waals surface area contributed by atoms with Crippen LogP contribution < -0.4 is 10.6 Å². The smallest absolute Gasteiger partial charge is 0.320 e. The van der Waals surface area contributed by atoms with Crippen molar-refractivity contribution in [2.75, 3.05) is 24.6 Å². The lowest BCUT2D eigenvalue weighted by Gasteiger charge is -2.13. The minimum absolute atomic E-state index is 0.0234. The van der Waals surface area contributed by atoms with Gasteiger partial charge >= 0.3 is 5.97 Å². The Balaban J connectivity index is 3.66. The third kappa shape index (κ3) is 9.30. The summed E-state index contributed by atoms with van der Waals surface area (Å²) in [5.74, 6) is 0.280. The van der Waals surface area contributed by atoms with E-state index < -0.39 is 12.0 Å². The van der Waals surface area contributed by atoms with E-state index >= 15 is 0 Å². The molecule has 3 N–H and O–H groups in total. The third-order valence-electron chi connectivity index (χ3n) is 2.30. The predicted octanol–water partition coefficient (Wildman–Crippen LogP) is 1.09. The summed E-state index contributed by atoms with van der Waals surface area (Å²) in [5.41, 5.74) is 0. The Kier molecular flexibility index (Phi) is 10.9. The van der Waals surface area contributed by atoms with Gasteiger partial charge in [-0.15, -0.1) is 0 Å². The second-order valence-corrected chi connectivity index (χ2v) is 5.14. The van der Waals surface area contributed by atoms with Gasteiger partial charge in [0.05, 0.1) is 5.75 Å². The molecular formula is C12H24N2O3S. The molecule has 0 aromatic heterocycles. The number of rotatable bonds is 11. The lowest BCUT2D eigenvalue weighted by molar-refractivity contribution is -0.139. The fraction of sp³-hybridized carbons (Fsp3) is 0.833. The minimum atomic E-state index is -0.820. The molecular weight excluding hydrogens is 252 g/mol. The van der Waals surface area contributed by atoms with Gasteiger partial charge in [0, 0.05) is 6.54 Å². The van der Waals surface area contributed by atoms with E-state index in [4.69, 9.17) is 5.11 Å². The van der Waals surface area contributed by atoms with Gasteiger partial charge in [0.25, 0.3) is 0 Å². The molecule has 106 valence electrons. The van der Waals surface area contributed by atoms with Crippen molar-refractivity contribution in [3.63, 3.8) is 0 Å². The average molecular weight is 276 g/mol. The number of nitrogens with one attached hydrogen (secondary N) is 2. The van der Waals surface area contributed by atoms with Crippen LogP contribution in [0, 0.1) is 0 Å². The number of carboxylic acid groups (broad SMARTS) is 1. The van der Waals surface area contributed by atoms with Crippen LogP contribution in [0.15, 0.2) is 0 Å². The van der Waals surface area contributed by atoms with Crippen molar-refractivity contribution in [3.8, 4) is 0 Å². The molecule has 0 aliphatic heterocycles. The highest BCUT2D eigenvalue weighted by atomic mass is 32.2. The number of aliphatic carboxylic acids is 1. The van der Waals surface area contributed by atoms with E-state index in [0.717, 1.165) is 12.8 Å². The van der Waals surface area contributed by atoms with Crippen molar-refractivity contribution in [2.24, 2.45) is 0 Å². The topological polar surface area (TPSA) is 78.4 Å². The maximum Gasteiger partial charge on any atom is 0.320 e. The van der Waals surface area contributed by atoms with Crippen LogP contribution in [0.5, 0.6) is 0 Å². The summed E-state index contributed by atoms with van der Waals surface area (Å²) in [4.78, 5) is 22.2. The van der Waals surface area contributed by atoms with E-state index in [1.54, 1.807) is 0 Å². The molecule has 0 aromatic rings. The molecule has 0 heterocycles. The molecule has 1 unspecified atom stereocenters. The number of carbonyl (C=O) groups excluding carboxylic acids is 1. The van der Waals surface area contributed by atoms with E-state index in [1.807, 2.05) is 13.8 Å². The molecule has 6 heteroatoms. The number of amides is 1. The van der Waals surface area contributed by atoms with Crippen LogP contribution in [0.2, 0.25) is 0 Å². The van der Waals surface area contributed by atoms with Crippen molar-refractivity contribution < 1.29 is 14.7 Å². The first-order valence-electron chi connectivity index (χ1n) is 6.42. The van der Waals surface area contributed by atoms with Gasteiger partial charge in [0.2, 0.25) is 5.91 Å². The second-order valence-electron chi connectivity index (χ2n) is 4.04. The number of carboxylic acids is 1. The monoisotopic (exact) mass is 276 g/mol. The van der Waals surface area contributed by atoms with Crippen molar-refractivity contribution in [1.29, 1.82) is 0 Å². The molecule has 0 aliphatic carbocycles. The zero-order chi connectivity index (χ0) is 13.8. The SMILES string of the molecule is CCCNC(=O)CSCCC(NCCC)C(=O)O. The molecule has 0 aromatic carbocycles. The first kappa shape index (κ1) is 17.2. The maximum atomic E-state index is 11.3. The lowest BCUT2D eigenvalue weighted by atomic mass is 10.2. The van der Waals surface area contributed by atoms with Gasteiger partial charge in [0.15, 0.2) is 0 Å². The van der Waals surface area contributed by atoms with Gasteiger partial charge in [-0.05, 0) is 31.6 Å². The van der Waals surface area contributed by atoms with Gasteiger partial charge in [-0.25, -0.2) is 0 Å². The van der Waals surface area contributed by atoms with Gasteiger partial charge in [-0.3, -0.25) is 9.59 Å². The van der Waals surface area contributed by atoms with Crippen molar-refractivity contribution in [3.05, 3.63) is 0 Å². The number of carbonyl (C=O) groups is 2. The molecule has 0 radical (unpaired) electrons. The first-order valence-corrected chi connectivity index (χ1v) is 7.57. The summed E-state index contributed by atoms with van der Waals surface area (Å²) < 4.78 is 0. The summed E-state index contributed by atoms with van der Waals surface area (Å²) in [6.07, 6.45) is 2.38. The van der Waals surface area contributed by atoms with Crippen molar-refractivity contribution in [1.82, 2.24) is 10.6 Å². The highest BCUT2D eigenvalue weighted by Crippen LogP contribution is 2.05. The Labute approximate surface area is 113 Å². The predicted molar refractivity (Wildman–Crippen MR) is 75.0 cm³/mol. The first-order chi connectivity index (χ1) is 8.61. The summed E-state index contributed by atoms with van der Waals surface area (Å²) in [5, 5.41) is 14.7. The van der Waals surface area contributed by atoms with Gasteiger partial charge in [-0.1, -0.05) is 13.8 Å². The maximum absolute atomic E-state index is 11.3. The molecule has 1 atom stereocenters. The Morgan fingerprint density at radius 1 is 1.22 bits per heavy atom. The summed E-state index contributed by atoms with van der Waals surface area (Å²) in [6.45, 7) is 5.41. The molecule has 5 nitrogen and oxygen atoms in total. The fourth-order valence-electron chi connectivity index (χ4n) is 1.31. The normalized spacial score (nSPS) is 12.1. The summed E-state index contributed by atoms with van der Waals surface area (Å²) in [6, 6.07) is -0.504. The van der Waals surface area contributed by atoms with E-state index in [1.165, 1.54) is 11.8 Å². The molecule has 0 spiro atoms. The van der Waals surface area contributed by atoms with E-state index in [-0.39, 0.29) is 5.91 Å². The van der Waals surface area contributed by atoms with E-state index in [9.17, 15) is 9.59 Å². The summed E-state index contributed by atoms with van der Waals surface area (Å²) >= 11 is 1.48. The van der Waals surface area contributed by atoms with E-state index in [0.29, 0.717) is 31.0 Å². The van der Waals surface area contributed by atoms with Gasteiger partial charge in [0.1, 0.15) is 6.04 Å². The lowest BCUT2D eigenvalue weighted by Crippen LogP contribution is -2.37. The quantitative estimate of drug-likeness (QED) is 0.492. The Hall–Kier alpha value is -0.750. The standard InChI is InChI=1S/C12H24N2O3S/c1-3-6-13-10(12(16)17)5-8-18-9-11(15)14-7-4-2/h10,13H,3-9H2,1-2H3,(H,14,15)(H,16,17). The molecule has 18 heavy (non-hydrogen) atoms. The molecule has 1 amide bonds. The molecule has 0 saturated carbocycles. The van der Waals surface area contributed by atoms with Gasteiger partial charge < -0.3 is 15.7 Å². The van der Waals surface area contributed by atoms with Crippen LogP contribution in [-0.4, -0.2) is 47.6 Å². The Morgan fingerprint density at radius 3 is 2.44 bits per heavy atom. The zero-order valence-electron chi connectivity index (χ0n) is 11.2. The van der Waals surface area contributed by atoms with Crippen LogP contribution >= 0.6 is 11.8 Å². The van der Waals surface area contributed by atoms with Crippen molar-refractivity contribution >= 4 is 23.6 Å². The fourth-order valence-corrected chi connectivity index (χ4v) is 2.15.